The monoisotopic (exact) mass is 217 g/mol. The molecule has 0 heterocycles. The molecule has 5 nitrogen and oxygen atoms in total. The SMILES string of the molecule is COCC(COC(=O)O)=C(C)CN(C)C. The Labute approximate surface area is 90.3 Å². The van der Waals surface area contributed by atoms with E-state index in [1.54, 1.807) is 7.11 Å². The highest BCUT2D eigenvalue weighted by Gasteiger charge is 2.07. The molecule has 0 saturated heterocycles. The van der Waals surface area contributed by atoms with Crippen LogP contribution in [0.1, 0.15) is 6.92 Å². The molecule has 0 rings (SSSR count). The molecule has 15 heavy (non-hydrogen) atoms. The highest BCUT2D eigenvalue weighted by atomic mass is 16.7. The first-order valence-corrected chi connectivity index (χ1v) is 4.64. The number of rotatable bonds is 6. The van der Waals surface area contributed by atoms with Crippen LogP contribution in [0.3, 0.4) is 0 Å². The standard InChI is InChI=1S/C10H19NO4/c1-8(5-11(2)3)9(6-14-4)7-15-10(12)13/h5-7H2,1-4H3,(H,12,13). The molecule has 0 aromatic heterocycles. The molecule has 0 aromatic rings. The fraction of sp³-hybridized carbons (Fsp3) is 0.700. The molecule has 0 aliphatic carbocycles. The third kappa shape index (κ3) is 6.93. The lowest BCUT2D eigenvalue weighted by molar-refractivity contribution is 0.0949. The van der Waals surface area contributed by atoms with Crippen LogP contribution in [-0.2, 0) is 9.47 Å². The van der Waals surface area contributed by atoms with Crippen molar-refractivity contribution in [3.8, 4) is 0 Å². The van der Waals surface area contributed by atoms with Crippen LogP contribution in [-0.4, -0.2) is 57.1 Å². The lowest BCUT2D eigenvalue weighted by atomic mass is 10.1. The van der Waals surface area contributed by atoms with Crippen LogP contribution in [0.5, 0.6) is 0 Å². The van der Waals surface area contributed by atoms with Gasteiger partial charge in [-0.15, -0.1) is 0 Å². The number of carboxylic acid groups (broad SMARTS) is 1. The Morgan fingerprint density at radius 2 is 1.93 bits per heavy atom. The van der Waals surface area contributed by atoms with Crippen LogP contribution in [0.2, 0.25) is 0 Å². The van der Waals surface area contributed by atoms with E-state index in [0.29, 0.717) is 6.61 Å². The zero-order chi connectivity index (χ0) is 11.8. The summed E-state index contributed by atoms with van der Waals surface area (Å²) in [6.07, 6.45) is -1.26. The van der Waals surface area contributed by atoms with E-state index in [4.69, 9.17) is 9.84 Å². The molecule has 0 fully saturated rings. The molecule has 5 heteroatoms. The number of hydrogen-bond donors (Lipinski definition) is 1. The molecule has 0 saturated carbocycles. The smallest absolute Gasteiger partial charge is 0.450 e. The van der Waals surface area contributed by atoms with Gasteiger partial charge in [0.1, 0.15) is 6.61 Å². The lowest BCUT2D eigenvalue weighted by Crippen LogP contribution is -2.18. The van der Waals surface area contributed by atoms with Gasteiger partial charge >= 0.3 is 6.16 Å². The third-order valence-corrected chi connectivity index (χ3v) is 1.85. The summed E-state index contributed by atoms with van der Waals surface area (Å²) in [5, 5.41) is 8.40. The van der Waals surface area contributed by atoms with Gasteiger partial charge in [0, 0.05) is 13.7 Å². The quantitative estimate of drug-likeness (QED) is 0.535. The first kappa shape index (κ1) is 13.9. The van der Waals surface area contributed by atoms with E-state index in [1.165, 1.54) is 0 Å². The van der Waals surface area contributed by atoms with E-state index in [1.807, 2.05) is 25.9 Å². The van der Waals surface area contributed by atoms with Gasteiger partial charge in [0.2, 0.25) is 0 Å². The number of likely N-dealkylation sites (N-methyl/N-ethyl adjacent to an activating group) is 1. The number of hydrogen-bond acceptors (Lipinski definition) is 4. The van der Waals surface area contributed by atoms with Crippen LogP contribution in [0.15, 0.2) is 11.1 Å². The second kappa shape index (κ2) is 7.25. The van der Waals surface area contributed by atoms with Crippen LogP contribution in [0.25, 0.3) is 0 Å². The predicted molar refractivity (Wildman–Crippen MR) is 57.1 cm³/mol. The van der Waals surface area contributed by atoms with Gasteiger partial charge in [0.25, 0.3) is 0 Å². The number of ether oxygens (including phenoxy) is 2. The topological polar surface area (TPSA) is 59.0 Å². The number of methoxy groups -OCH3 is 1. The molecule has 1 N–H and O–H groups in total. The average Bonchev–Trinajstić information content (AvgIpc) is 2.10. The summed E-state index contributed by atoms with van der Waals surface area (Å²) in [6, 6.07) is 0. The van der Waals surface area contributed by atoms with E-state index in [9.17, 15) is 4.79 Å². The van der Waals surface area contributed by atoms with Crippen molar-refractivity contribution in [2.75, 3.05) is 41.0 Å². The molecule has 0 aliphatic heterocycles. The molecule has 0 amide bonds. The highest BCUT2D eigenvalue weighted by molar-refractivity contribution is 5.57. The van der Waals surface area contributed by atoms with Gasteiger partial charge in [-0.3, -0.25) is 0 Å². The van der Waals surface area contributed by atoms with Crippen LogP contribution in [0, 0.1) is 0 Å². The van der Waals surface area contributed by atoms with E-state index < -0.39 is 6.16 Å². The summed E-state index contributed by atoms with van der Waals surface area (Å²) in [5.41, 5.74) is 1.94. The largest absolute Gasteiger partial charge is 0.506 e. The van der Waals surface area contributed by atoms with E-state index >= 15 is 0 Å². The van der Waals surface area contributed by atoms with Crippen molar-refractivity contribution in [1.82, 2.24) is 4.90 Å². The van der Waals surface area contributed by atoms with Crippen molar-refractivity contribution in [3.05, 3.63) is 11.1 Å². The zero-order valence-electron chi connectivity index (χ0n) is 9.74. The van der Waals surface area contributed by atoms with Crippen molar-refractivity contribution in [3.63, 3.8) is 0 Å². The van der Waals surface area contributed by atoms with Crippen LogP contribution >= 0.6 is 0 Å². The van der Waals surface area contributed by atoms with Crippen molar-refractivity contribution in [2.45, 2.75) is 6.92 Å². The summed E-state index contributed by atoms with van der Waals surface area (Å²) in [4.78, 5) is 12.3. The summed E-state index contributed by atoms with van der Waals surface area (Å²) < 4.78 is 9.51. The number of nitrogens with zero attached hydrogens (tertiary/aromatic N) is 1. The maximum absolute atomic E-state index is 10.3. The van der Waals surface area contributed by atoms with Gasteiger partial charge in [-0.2, -0.15) is 0 Å². The molecule has 0 aliphatic rings. The lowest BCUT2D eigenvalue weighted by Gasteiger charge is -2.15. The van der Waals surface area contributed by atoms with Crippen molar-refractivity contribution >= 4 is 6.16 Å². The Morgan fingerprint density at radius 3 is 2.33 bits per heavy atom. The van der Waals surface area contributed by atoms with Crippen molar-refractivity contribution in [2.24, 2.45) is 0 Å². The molecule has 0 atom stereocenters. The second-order valence-electron chi connectivity index (χ2n) is 3.61. The summed E-state index contributed by atoms with van der Waals surface area (Å²) in [7, 11) is 5.47. The Hall–Kier alpha value is -1.07. The fourth-order valence-corrected chi connectivity index (χ4v) is 1.20. The molecule has 0 radical (unpaired) electrons. The summed E-state index contributed by atoms with van der Waals surface area (Å²) in [5.74, 6) is 0. The minimum Gasteiger partial charge on any atom is -0.450 e. The summed E-state index contributed by atoms with van der Waals surface area (Å²) in [6.45, 7) is 3.18. The first-order chi connectivity index (χ1) is 6.97. The molecule has 88 valence electrons. The zero-order valence-corrected chi connectivity index (χ0v) is 9.74. The molecular weight excluding hydrogens is 198 g/mol. The van der Waals surface area contributed by atoms with Gasteiger partial charge in [-0.25, -0.2) is 4.79 Å². The Morgan fingerprint density at radius 1 is 1.33 bits per heavy atom. The summed E-state index contributed by atoms with van der Waals surface area (Å²) >= 11 is 0. The van der Waals surface area contributed by atoms with Gasteiger partial charge < -0.3 is 19.5 Å². The second-order valence-corrected chi connectivity index (χ2v) is 3.61. The molecule has 0 aromatic carbocycles. The number of carbonyl (C=O) groups is 1. The Kier molecular flexibility index (Phi) is 6.73. The molecule has 0 bridgehead atoms. The maximum Gasteiger partial charge on any atom is 0.506 e. The molecule has 0 spiro atoms. The molecular formula is C10H19NO4. The average molecular weight is 217 g/mol. The highest BCUT2D eigenvalue weighted by Crippen LogP contribution is 2.06. The van der Waals surface area contributed by atoms with E-state index in [0.717, 1.165) is 17.7 Å². The predicted octanol–water partition coefficient (Wildman–Crippen LogP) is 1.21. The van der Waals surface area contributed by atoms with E-state index in [2.05, 4.69) is 4.74 Å². The van der Waals surface area contributed by atoms with Crippen molar-refractivity contribution < 1.29 is 19.4 Å². The van der Waals surface area contributed by atoms with Gasteiger partial charge in [-0.05, 0) is 26.6 Å². The van der Waals surface area contributed by atoms with Crippen LogP contribution < -0.4 is 0 Å². The first-order valence-electron chi connectivity index (χ1n) is 4.64. The third-order valence-electron chi connectivity index (χ3n) is 1.85. The van der Waals surface area contributed by atoms with Crippen LogP contribution in [0.4, 0.5) is 4.79 Å². The van der Waals surface area contributed by atoms with Gasteiger partial charge in [-0.1, -0.05) is 5.57 Å². The maximum atomic E-state index is 10.3. The van der Waals surface area contributed by atoms with Gasteiger partial charge in [0.05, 0.1) is 6.61 Å². The van der Waals surface area contributed by atoms with E-state index in [-0.39, 0.29) is 6.61 Å². The fourth-order valence-electron chi connectivity index (χ4n) is 1.20. The minimum absolute atomic E-state index is 0.0723. The Balaban J connectivity index is 4.39. The van der Waals surface area contributed by atoms with Crippen molar-refractivity contribution in [1.29, 1.82) is 0 Å². The van der Waals surface area contributed by atoms with Gasteiger partial charge in [0.15, 0.2) is 0 Å². The Bertz CT molecular complexity index is 236. The molecule has 0 unspecified atom stereocenters. The normalized spacial score (nSPS) is 12.6. The minimum atomic E-state index is -1.26.